The third kappa shape index (κ3) is 4.28. The van der Waals surface area contributed by atoms with Crippen molar-refractivity contribution in [3.05, 3.63) is 35.4 Å². The Balaban J connectivity index is 2.96. The molecule has 0 aliphatic rings. The molecule has 102 valence electrons. The summed E-state index contributed by atoms with van der Waals surface area (Å²) in [6.07, 6.45) is -3.39. The zero-order valence-electron chi connectivity index (χ0n) is 9.53. The highest BCUT2D eigenvalue weighted by Gasteiger charge is 2.30. The Labute approximate surface area is 103 Å². The van der Waals surface area contributed by atoms with Crippen LogP contribution < -0.4 is 11.3 Å². The number of hydrogen-bond acceptors (Lipinski definition) is 4. The fourth-order valence-electron chi connectivity index (χ4n) is 1.45. The van der Waals surface area contributed by atoms with E-state index in [2.05, 4.69) is 5.43 Å². The van der Waals surface area contributed by atoms with Gasteiger partial charge in [0.2, 0.25) is 0 Å². The topological polar surface area (TPSA) is 72.2 Å². The lowest BCUT2D eigenvalue weighted by Crippen LogP contribution is -2.33. The zero-order chi connectivity index (χ0) is 14.0. The second kappa shape index (κ2) is 5.25. The smallest absolute Gasteiger partial charge is 0.271 e. The van der Waals surface area contributed by atoms with Crippen molar-refractivity contribution < 1.29 is 21.6 Å². The van der Waals surface area contributed by atoms with Crippen LogP contribution in [0.4, 0.5) is 13.2 Å². The summed E-state index contributed by atoms with van der Waals surface area (Å²) in [5, 5.41) is 0. The van der Waals surface area contributed by atoms with Crippen molar-refractivity contribution in [3.8, 4) is 0 Å². The Bertz CT molecular complexity index is 497. The monoisotopic (exact) mass is 282 g/mol. The normalized spacial score (nSPS) is 14.5. The minimum absolute atomic E-state index is 0.283. The molecule has 0 radical (unpaired) electrons. The van der Waals surface area contributed by atoms with Crippen LogP contribution in [0, 0.1) is 0 Å². The van der Waals surface area contributed by atoms with Gasteiger partial charge >= 0.3 is 6.18 Å². The maximum atomic E-state index is 12.3. The summed E-state index contributed by atoms with van der Waals surface area (Å²) in [4.78, 5) is 0. The summed E-state index contributed by atoms with van der Waals surface area (Å²) in [7, 11) is -3.29. The number of hydrogen-bond donors (Lipinski definition) is 2. The first kappa shape index (κ1) is 14.9. The maximum Gasteiger partial charge on any atom is 0.416 e. The Morgan fingerprint density at radius 1 is 1.28 bits per heavy atom. The average Bonchev–Trinajstić information content (AvgIpc) is 2.24. The molecule has 1 aromatic rings. The van der Waals surface area contributed by atoms with E-state index >= 15 is 0 Å². The lowest BCUT2D eigenvalue weighted by atomic mass is 10.1. The molecule has 0 aliphatic carbocycles. The van der Waals surface area contributed by atoms with Crippen LogP contribution in [-0.4, -0.2) is 20.4 Å². The molecule has 1 rings (SSSR count). The van der Waals surface area contributed by atoms with Gasteiger partial charge in [-0.15, -0.1) is 0 Å². The van der Waals surface area contributed by atoms with Crippen molar-refractivity contribution in [3.63, 3.8) is 0 Å². The number of nitrogens with one attached hydrogen (secondary N) is 1. The van der Waals surface area contributed by atoms with Crippen LogP contribution in [0.25, 0.3) is 0 Å². The van der Waals surface area contributed by atoms with E-state index in [-0.39, 0.29) is 5.75 Å². The van der Waals surface area contributed by atoms with Gasteiger partial charge in [0, 0.05) is 6.26 Å². The van der Waals surface area contributed by atoms with Gasteiger partial charge in [-0.25, -0.2) is 8.42 Å². The molecule has 0 heterocycles. The third-order valence-electron chi connectivity index (χ3n) is 2.31. The molecule has 0 bridgehead atoms. The summed E-state index contributed by atoms with van der Waals surface area (Å²) in [5.41, 5.74) is 1.87. The molecule has 18 heavy (non-hydrogen) atoms. The van der Waals surface area contributed by atoms with Crippen molar-refractivity contribution in [1.29, 1.82) is 0 Å². The molecule has 0 fully saturated rings. The lowest BCUT2D eigenvalue weighted by Gasteiger charge is -2.16. The SMILES string of the molecule is CS(=O)(=O)CC(NN)c1ccc(C(F)(F)F)cc1. The second-order valence-corrected chi connectivity index (χ2v) is 6.12. The highest BCUT2D eigenvalue weighted by molar-refractivity contribution is 7.90. The molecule has 0 amide bonds. The van der Waals surface area contributed by atoms with Gasteiger partial charge in [0.25, 0.3) is 0 Å². The first-order valence-corrected chi connectivity index (χ1v) is 7.00. The number of benzene rings is 1. The van der Waals surface area contributed by atoms with Crippen LogP contribution in [0.1, 0.15) is 17.2 Å². The van der Waals surface area contributed by atoms with E-state index in [9.17, 15) is 21.6 Å². The summed E-state index contributed by atoms with van der Waals surface area (Å²) in [6, 6.07) is 3.46. The van der Waals surface area contributed by atoms with Crippen molar-refractivity contribution in [2.24, 2.45) is 5.84 Å². The molecular formula is C10H13F3N2O2S. The van der Waals surface area contributed by atoms with Crippen molar-refractivity contribution in [2.75, 3.05) is 12.0 Å². The average molecular weight is 282 g/mol. The van der Waals surface area contributed by atoms with Gasteiger partial charge in [-0.05, 0) is 17.7 Å². The summed E-state index contributed by atoms with van der Waals surface area (Å²) in [5.74, 6) is 4.92. The predicted octanol–water partition coefficient (Wildman–Crippen LogP) is 1.25. The fourth-order valence-corrected chi connectivity index (χ4v) is 2.34. The largest absolute Gasteiger partial charge is 0.416 e. The van der Waals surface area contributed by atoms with E-state index in [1.807, 2.05) is 0 Å². The number of halogens is 3. The zero-order valence-corrected chi connectivity index (χ0v) is 10.3. The van der Waals surface area contributed by atoms with Gasteiger partial charge < -0.3 is 0 Å². The van der Waals surface area contributed by atoms with E-state index in [0.717, 1.165) is 18.4 Å². The number of nitrogens with two attached hydrogens (primary N) is 1. The molecular weight excluding hydrogens is 269 g/mol. The van der Waals surface area contributed by atoms with E-state index in [1.165, 1.54) is 12.1 Å². The number of rotatable bonds is 4. The van der Waals surface area contributed by atoms with E-state index in [4.69, 9.17) is 5.84 Å². The molecule has 1 atom stereocenters. The Morgan fingerprint density at radius 2 is 1.78 bits per heavy atom. The van der Waals surface area contributed by atoms with Gasteiger partial charge in [-0.1, -0.05) is 12.1 Å². The van der Waals surface area contributed by atoms with Crippen LogP contribution >= 0.6 is 0 Å². The Kier molecular flexibility index (Phi) is 4.36. The van der Waals surface area contributed by atoms with E-state index < -0.39 is 27.6 Å². The first-order valence-electron chi connectivity index (χ1n) is 4.94. The second-order valence-electron chi connectivity index (χ2n) is 3.93. The van der Waals surface area contributed by atoms with Crippen molar-refractivity contribution in [2.45, 2.75) is 12.2 Å². The number of alkyl halides is 3. The number of sulfone groups is 1. The molecule has 1 unspecified atom stereocenters. The maximum absolute atomic E-state index is 12.3. The van der Waals surface area contributed by atoms with Gasteiger partial charge in [-0.3, -0.25) is 11.3 Å². The molecule has 0 aliphatic heterocycles. The summed E-state index contributed by atoms with van der Waals surface area (Å²) >= 11 is 0. The van der Waals surface area contributed by atoms with Crippen molar-refractivity contribution in [1.82, 2.24) is 5.43 Å². The van der Waals surface area contributed by atoms with Gasteiger partial charge in [0.1, 0.15) is 9.84 Å². The molecule has 0 spiro atoms. The van der Waals surface area contributed by atoms with Crippen LogP contribution in [0.2, 0.25) is 0 Å². The predicted molar refractivity (Wildman–Crippen MR) is 61.2 cm³/mol. The van der Waals surface area contributed by atoms with Crippen LogP contribution in [0.15, 0.2) is 24.3 Å². The third-order valence-corrected chi connectivity index (χ3v) is 3.25. The van der Waals surface area contributed by atoms with Crippen LogP contribution in [0.5, 0.6) is 0 Å². The van der Waals surface area contributed by atoms with Crippen LogP contribution in [-0.2, 0) is 16.0 Å². The summed E-state index contributed by atoms with van der Waals surface area (Å²) < 4.78 is 59.3. The van der Waals surface area contributed by atoms with Gasteiger partial charge in [-0.2, -0.15) is 13.2 Å². The Hall–Kier alpha value is -1.12. The van der Waals surface area contributed by atoms with Crippen molar-refractivity contribution >= 4 is 9.84 Å². The molecule has 4 nitrogen and oxygen atoms in total. The van der Waals surface area contributed by atoms with Gasteiger partial charge in [0.15, 0.2) is 0 Å². The fraction of sp³-hybridized carbons (Fsp3) is 0.400. The standard InChI is InChI=1S/C10H13F3N2O2S/c1-18(16,17)6-9(15-14)7-2-4-8(5-3-7)10(11,12)13/h2-5,9,15H,6,14H2,1H3. The van der Waals surface area contributed by atoms with Gasteiger partial charge in [0.05, 0.1) is 17.4 Å². The minimum Gasteiger partial charge on any atom is -0.271 e. The molecule has 0 aromatic heterocycles. The highest BCUT2D eigenvalue weighted by Crippen LogP contribution is 2.29. The molecule has 0 saturated heterocycles. The molecule has 8 heteroatoms. The number of hydrazine groups is 1. The van der Waals surface area contributed by atoms with E-state index in [0.29, 0.717) is 5.56 Å². The highest BCUT2D eigenvalue weighted by atomic mass is 32.2. The van der Waals surface area contributed by atoms with Crippen LogP contribution in [0.3, 0.4) is 0 Å². The summed E-state index contributed by atoms with van der Waals surface area (Å²) in [6.45, 7) is 0. The minimum atomic E-state index is -4.42. The quantitative estimate of drug-likeness (QED) is 0.644. The molecule has 0 saturated carbocycles. The Morgan fingerprint density at radius 3 is 2.11 bits per heavy atom. The molecule has 1 aromatic carbocycles. The molecule has 3 N–H and O–H groups in total. The first-order chi connectivity index (χ1) is 8.13. The lowest BCUT2D eigenvalue weighted by molar-refractivity contribution is -0.137. The van der Waals surface area contributed by atoms with E-state index in [1.54, 1.807) is 0 Å².